The molecule has 0 bridgehead atoms. The van der Waals surface area contributed by atoms with E-state index in [9.17, 15) is 9.59 Å². The molecule has 8 nitrogen and oxygen atoms in total. The second-order valence-electron chi connectivity index (χ2n) is 5.22. The average molecular weight is 271 g/mol. The molecule has 0 aromatic carbocycles. The number of ether oxygens (including phenoxy) is 2. The number of aromatic amines is 1. The monoisotopic (exact) mass is 271 g/mol. The van der Waals surface area contributed by atoms with Gasteiger partial charge in [-0.05, 0) is 20.8 Å². The number of nitrogens with zero attached hydrogens (tertiary/aromatic N) is 2. The van der Waals surface area contributed by atoms with Crippen molar-refractivity contribution in [2.24, 2.45) is 0 Å². The predicted octanol–water partition coefficient (Wildman–Crippen LogP) is 0.671. The topological polar surface area (TPSA) is 97.7 Å². The summed E-state index contributed by atoms with van der Waals surface area (Å²) in [6.07, 6.45) is -0.480. The second-order valence-corrected chi connectivity index (χ2v) is 5.22. The fourth-order valence-electron chi connectivity index (χ4n) is 1.73. The van der Waals surface area contributed by atoms with Gasteiger partial charge in [0.15, 0.2) is 0 Å². The molecule has 0 radical (unpaired) electrons. The van der Waals surface area contributed by atoms with Gasteiger partial charge in [0.1, 0.15) is 11.6 Å². The van der Waals surface area contributed by atoms with E-state index in [-0.39, 0.29) is 12.5 Å². The first kappa shape index (κ1) is 13.6. The number of nitrogens with one attached hydrogen (secondary N) is 1. The van der Waals surface area contributed by atoms with Crippen LogP contribution in [0.3, 0.4) is 0 Å². The zero-order valence-corrected chi connectivity index (χ0v) is 11.1. The van der Waals surface area contributed by atoms with Gasteiger partial charge in [0.2, 0.25) is 5.89 Å². The Balaban J connectivity index is 2.16. The van der Waals surface area contributed by atoms with E-state index in [4.69, 9.17) is 13.9 Å². The Morgan fingerprint density at radius 1 is 1.53 bits per heavy atom. The minimum atomic E-state index is -0.662. The van der Waals surface area contributed by atoms with Crippen LogP contribution in [0.4, 0.5) is 4.79 Å². The molecule has 1 fully saturated rings. The molecule has 0 aliphatic carbocycles. The number of hydrogen-bond donors (Lipinski definition) is 1. The van der Waals surface area contributed by atoms with Crippen molar-refractivity contribution in [3.63, 3.8) is 0 Å². The smallest absolute Gasteiger partial charge is 0.434 e. The van der Waals surface area contributed by atoms with Crippen LogP contribution in [0.5, 0.6) is 0 Å². The lowest BCUT2D eigenvalue weighted by Crippen LogP contribution is -2.45. The fourth-order valence-corrected chi connectivity index (χ4v) is 1.73. The third-order valence-electron chi connectivity index (χ3n) is 2.50. The van der Waals surface area contributed by atoms with Crippen LogP contribution in [0.25, 0.3) is 0 Å². The molecule has 2 rings (SSSR count). The highest BCUT2D eigenvalue weighted by Gasteiger charge is 2.35. The van der Waals surface area contributed by atoms with E-state index in [2.05, 4.69) is 10.2 Å². The summed E-state index contributed by atoms with van der Waals surface area (Å²) in [6.45, 7) is 6.34. The fraction of sp³-hybridized carbons (Fsp3) is 0.727. The van der Waals surface area contributed by atoms with Crippen LogP contribution >= 0.6 is 0 Å². The van der Waals surface area contributed by atoms with E-state index in [1.807, 2.05) is 0 Å². The molecule has 1 atom stereocenters. The molecule has 19 heavy (non-hydrogen) atoms. The predicted molar refractivity (Wildman–Crippen MR) is 63.6 cm³/mol. The zero-order chi connectivity index (χ0) is 14.0. The number of rotatable bonds is 1. The van der Waals surface area contributed by atoms with Gasteiger partial charge in [-0.15, -0.1) is 5.10 Å². The standard InChI is InChI=1S/C11H17N3O5/c1-11(2,3)19-10(16)14-4-5-17-6-7(14)8-12-13-9(15)18-8/h7H,4-6H2,1-3H3,(H,13,15)/t7-/m0/s1. The van der Waals surface area contributed by atoms with E-state index in [0.717, 1.165) is 0 Å². The molecule has 2 heterocycles. The first-order chi connectivity index (χ1) is 8.87. The van der Waals surface area contributed by atoms with Crippen LogP contribution in [-0.2, 0) is 9.47 Å². The van der Waals surface area contributed by atoms with Crippen LogP contribution in [0, 0.1) is 0 Å². The number of carbonyl (C=O) groups excluding carboxylic acids is 1. The Morgan fingerprint density at radius 2 is 2.26 bits per heavy atom. The molecule has 1 saturated heterocycles. The molecule has 0 saturated carbocycles. The van der Waals surface area contributed by atoms with E-state index in [0.29, 0.717) is 13.2 Å². The molecular weight excluding hydrogens is 254 g/mol. The van der Waals surface area contributed by atoms with Crippen LogP contribution in [-0.4, -0.2) is 46.6 Å². The summed E-state index contributed by atoms with van der Waals surface area (Å²) in [6, 6.07) is -0.553. The van der Waals surface area contributed by atoms with Crippen molar-refractivity contribution < 1.29 is 18.7 Å². The lowest BCUT2D eigenvalue weighted by atomic mass is 10.2. The number of hydrogen-bond acceptors (Lipinski definition) is 6. The van der Waals surface area contributed by atoms with E-state index in [1.165, 1.54) is 4.90 Å². The van der Waals surface area contributed by atoms with Crippen molar-refractivity contribution in [1.82, 2.24) is 15.1 Å². The Kier molecular flexibility index (Phi) is 3.61. The van der Waals surface area contributed by atoms with E-state index < -0.39 is 23.5 Å². The van der Waals surface area contributed by atoms with Crippen molar-refractivity contribution in [3.05, 3.63) is 16.4 Å². The minimum absolute atomic E-state index is 0.121. The number of aromatic nitrogens is 2. The lowest BCUT2D eigenvalue weighted by molar-refractivity contribution is -0.0393. The molecule has 0 unspecified atom stereocenters. The molecule has 1 N–H and O–H groups in total. The lowest BCUT2D eigenvalue weighted by Gasteiger charge is -2.34. The number of carbonyl (C=O) groups is 1. The third kappa shape index (κ3) is 3.34. The highest BCUT2D eigenvalue weighted by atomic mass is 16.6. The summed E-state index contributed by atoms with van der Waals surface area (Å²) in [5.74, 6) is -0.541. The molecule has 106 valence electrons. The first-order valence-electron chi connectivity index (χ1n) is 5.99. The molecule has 1 aromatic heterocycles. The van der Waals surface area contributed by atoms with Crippen molar-refractivity contribution in [3.8, 4) is 0 Å². The van der Waals surface area contributed by atoms with Crippen molar-refractivity contribution in [2.45, 2.75) is 32.4 Å². The quantitative estimate of drug-likeness (QED) is 0.806. The molecule has 1 aromatic rings. The summed E-state index contributed by atoms with van der Waals surface area (Å²) in [5.41, 5.74) is -0.591. The van der Waals surface area contributed by atoms with Gasteiger partial charge in [-0.1, -0.05) is 0 Å². The van der Waals surface area contributed by atoms with Gasteiger partial charge in [0.05, 0.1) is 13.2 Å². The van der Waals surface area contributed by atoms with Crippen LogP contribution in [0.15, 0.2) is 9.21 Å². The molecule has 1 aliphatic rings. The number of amides is 1. The SMILES string of the molecule is CC(C)(C)OC(=O)N1CCOC[C@H]1c1n[nH]c(=O)o1. The van der Waals surface area contributed by atoms with Gasteiger partial charge in [-0.3, -0.25) is 4.90 Å². The summed E-state index contributed by atoms with van der Waals surface area (Å²) < 4.78 is 15.5. The van der Waals surface area contributed by atoms with Gasteiger partial charge in [0.25, 0.3) is 0 Å². The maximum Gasteiger partial charge on any atom is 0.434 e. The summed E-state index contributed by atoms with van der Waals surface area (Å²) in [4.78, 5) is 24.5. The van der Waals surface area contributed by atoms with Crippen molar-refractivity contribution in [2.75, 3.05) is 19.8 Å². The Morgan fingerprint density at radius 3 is 2.84 bits per heavy atom. The van der Waals surface area contributed by atoms with Gasteiger partial charge < -0.3 is 13.9 Å². The van der Waals surface area contributed by atoms with Gasteiger partial charge in [-0.25, -0.2) is 14.7 Å². The Hall–Kier alpha value is -1.83. The Bertz CT molecular complexity index is 501. The number of H-pyrrole nitrogens is 1. The second kappa shape index (κ2) is 5.04. The number of morpholine rings is 1. The first-order valence-corrected chi connectivity index (χ1v) is 5.99. The van der Waals surface area contributed by atoms with Crippen LogP contribution < -0.4 is 5.76 Å². The highest BCUT2D eigenvalue weighted by molar-refractivity contribution is 5.68. The molecule has 1 aliphatic heterocycles. The highest BCUT2D eigenvalue weighted by Crippen LogP contribution is 2.23. The molecular formula is C11H17N3O5. The van der Waals surface area contributed by atoms with Crippen LogP contribution in [0.1, 0.15) is 32.7 Å². The molecule has 0 spiro atoms. The van der Waals surface area contributed by atoms with Crippen molar-refractivity contribution >= 4 is 6.09 Å². The van der Waals surface area contributed by atoms with Crippen LogP contribution in [0.2, 0.25) is 0 Å². The molecule has 1 amide bonds. The Labute approximate surface area is 109 Å². The normalized spacial score (nSPS) is 20.4. The maximum atomic E-state index is 12.1. The minimum Gasteiger partial charge on any atom is -0.444 e. The van der Waals surface area contributed by atoms with E-state index in [1.54, 1.807) is 20.8 Å². The van der Waals surface area contributed by atoms with E-state index >= 15 is 0 Å². The molecule has 8 heteroatoms. The van der Waals surface area contributed by atoms with Gasteiger partial charge in [-0.2, -0.15) is 0 Å². The van der Waals surface area contributed by atoms with Gasteiger partial charge >= 0.3 is 11.8 Å². The maximum absolute atomic E-state index is 12.1. The summed E-state index contributed by atoms with van der Waals surface area (Å²) in [7, 11) is 0. The van der Waals surface area contributed by atoms with Crippen molar-refractivity contribution in [1.29, 1.82) is 0 Å². The average Bonchev–Trinajstić information content (AvgIpc) is 2.73. The largest absolute Gasteiger partial charge is 0.444 e. The zero-order valence-electron chi connectivity index (χ0n) is 11.1. The van der Waals surface area contributed by atoms with Gasteiger partial charge in [0, 0.05) is 6.54 Å². The summed E-state index contributed by atoms with van der Waals surface area (Å²) in [5, 5.41) is 5.90. The third-order valence-corrected chi connectivity index (χ3v) is 2.50. The summed E-state index contributed by atoms with van der Waals surface area (Å²) >= 11 is 0.